The summed E-state index contributed by atoms with van der Waals surface area (Å²) in [6.07, 6.45) is 0. The fraction of sp³-hybridized carbons (Fsp3) is 0.273. The van der Waals surface area contributed by atoms with Gasteiger partial charge < -0.3 is 9.64 Å². The predicted octanol–water partition coefficient (Wildman–Crippen LogP) is 5.16. The summed E-state index contributed by atoms with van der Waals surface area (Å²) < 4.78 is 7.26. The molecule has 1 fully saturated rings. The lowest BCUT2D eigenvalue weighted by molar-refractivity contribution is 0.122. The molecule has 1 aliphatic heterocycles. The minimum atomic E-state index is 0.622. The van der Waals surface area contributed by atoms with E-state index in [1.54, 1.807) is 19.2 Å². The van der Waals surface area contributed by atoms with E-state index in [9.17, 15) is 0 Å². The van der Waals surface area contributed by atoms with Gasteiger partial charge in [-0.05, 0) is 42.8 Å². The highest BCUT2D eigenvalue weighted by Crippen LogP contribution is 2.31. The zero-order chi connectivity index (χ0) is 21.1. The summed E-state index contributed by atoms with van der Waals surface area (Å²) in [5.74, 6) is 0. The van der Waals surface area contributed by atoms with Crippen LogP contribution in [0.5, 0.6) is 0 Å². The van der Waals surface area contributed by atoms with E-state index in [1.165, 1.54) is 17.0 Å². The van der Waals surface area contributed by atoms with Crippen molar-refractivity contribution in [2.24, 2.45) is 10.1 Å². The number of hydrogen-bond acceptors (Lipinski definition) is 5. The van der Waals surface area contributed by atoms with Crippen molar-refractivity contribution in [2.45, 2.75) is 6.92 Å². The SMILES string of the molecule is CN=c1scc(-c2cc(Cl)ccc2Cl)n1N=C(C)c1ccc(N2CCOCC2)cc1. The molecule has 0 radical (unpaired) electrons. The molecule has 0 amide bonds. The Hall–Kier alpha value is -2.12. The molecule has 1 aromatic heterocycles. The monoisotopic (exact) mass is 460 g/mol. The molecule has 0 saturated carbocycles. The fourth-order valence-corrected chi connectivity index (χ4v) is 4.54. The largest absolute Gasteiger partial charge is 0.378 e. The van der Waals surface area contributed by atoms with Crippen molar-refractivity contribution in [3.8, 4) is 11.3 Å². The maximum atomic E-state index is 6.44. The number of benzene rings is 2. The second-order valence-corrected chi connectivity index (χ2v) is 8.57. The van der Waals surface area contributed by atoms with Gasteiger partial charge in [-0.25, -0.2) is 4.68 Å². The molecule has 0 spiro atoms. The second-order valence-electron chi connectivity index (χ2n) is 6.89. The normalized spacial score (nSPS) is 15.7. The molecule has 1 aliphatic rings. The molecular formula is C22H22Cl2N4OS. The van der Waals surface area contributed by atoms with Gasteiger partial charge in [0.15, 0.2) is 0 Å². The number of ether oxygens (including phenoxy) is 1. The number of morpholine rings is 1. The van der Waals surface area contributed by atoms with Crippen LogP contribution in [0.3, 0.4) is 0 Å². The quantitative estimate of drug-likeness (QED) is 0.504. The first-order valence-electron chi connectivity index (χ1n) is 9.64. The summed E-state index contributed by atoms with van der Waals surface area (Å²) >= 11 is 14.2. The second kappa shape index (κ2) is 9.35. The summed E-state index contributed by atoms with van der Waals surface area (Å²) in [7, 11) is 1.76. The Morgan fingerprint density at radius 3 is 2.50 bits per heavy atom. The number of anilines is 1. The van der Waals surface area contributed by atoms with E-state index in [0.717, 1.165) is 53.6 Å². The summed E-state index contributed by atoms with van der Waals surface area (Å²) in [4.78, 5) is 7.49. The smallest absolute Gasteiger partial charge is 0.205 e. The molecule has 2 aromatic carbocycles. The Morgan fingerprint density at radius 2 is 1.80 bits per heavy atom. The highest BCUT2D eigenvalue weighted by atomic mass is 35.5. The van der Waals surface area contributed by atoms with Crippen LogP contribution >= 0.6 is 34.5 Å². The molecule has 0 aliphatic carbocycles. The maximum absolute atomic E-state index is 6.44. The lowest BCUT2D eigenvalue weighted by Gasteiger charge is -2.28. The van der Waals surface area contributed by atoms with E-state index in [0.29, 0.717) is 10.0 Å². The molecule has 0 unspecified atom stereocenters. The Labute approximate surface area is 189 Å². The van der Waals surface area contributed by atoms with E-state index in [-0.39, 0.29) is 0 Å². The van der Waals surface area contributed by atoms with Crippen LogP contribution in [-0.2, 0) is 4.74 Å². The molecule has 0 bridgehead atoms. The van der Waals surface area contributed by atoms with Crippen LogP contribution in [0, 0.1) is 0 Å². The Balaban J connectivity index is 1.69. The van der Waals surface area contributed by atoms with Crippen LogP contribution < -0.4 is 9.70 Å². The minimum Gasteiger partial charge on any atom is -0.378 e. The molecule has 5 nitrogen and oxygen atoms in total. The highest BCUT2D eigenvalue weighted by Gasteiger charge is 2.14. The number of thiazole rings is 1. The van der Waals surface area contributed by atoms with Gasteiger partial charge >= 0.3 is 0 Å². The topological polar surface area (TPSA) is 42.1 Å². The average Bonchev–Trinajstić information content (AvgIpc) is 3.18. The Bertz CT molecular complexity index is 1130. The van der Waals surface area contributed by atoms with Crippen molar-refractivity contribution in [3.05, 3.63) is 68.3 Å². The zero-order valence-corrected chi connectivity index (χ0v) is 19.1. The molecule has 0 N–H and O–H groups in total. The van der Waals surface area contributed by atoms with Crippen LogP contribution in [0.2, 0.25) is 10.0 Å². The van der Waals surface area contributed by atoms with Gasteiger partial charge in [0.2, 0.25) is 4.80 Å². The summed E-state index contributed by atoms with van der Waals surface area (Å²) in [6, 6.07) is 13.9. The number of aromatic nitrogens is 1. The van der Waals surface area contributed by atoms with Gasteiger partial charge in [0.25, 0.3) is 0 Å². The molecule has 4 rings (SSSR count). The van der Waals surface area contributed by atoms with E-state index in [2.05, 4.69) is 34.2 Å². The molecular weight excluding hydrogens is 439 g/mol. The number of hydrogen-bond donors (Lipinski definition) is 0. The predicted molar refractivity (Wildman–Crippen MR) is 126 cm³/mol. The van der Waals surface area contributed by atoms with Gasteiger partial charge in [-0.2, -0.15) is 5.10 Å². The van der Waals surface area contributed by atoms with E-state index >= 15 is 0 Å². The van der Waals surface area contributed by atoms with Crippen LogP contribution in [0.4, 0.5) is 5.69 Å². The fourth-order valence-electron chi connectivity index (χ4n) is 3.37. The van der Waals surface area contributed by atoms with E-state index < -0.39 is 0 Å². The van der Waals surface area contributed by atoms with Crippen LogP contribution in [-0.4, -0.2) is 43.7 Å². The third-order valence-electron chi connectivity index (χ3n) is 4.99. The third kappa shape index (κ3) is 4.47. The highest BCUT2D eigenvalue weighted by molar-refractivity contribution is 7.07. The molecule has 1 saturated heterocycles. The van der Waals surface area contributed by atoms with E-state index in [4.69, 9.17) is 33.0 Å². The van der Waals surface area contributed by atoms with Gasteiger partial charge in [0.05, 0.1) is 29.6 Å². The number of rotatable bonds is 4. The molecule has 2 heterocycles. The van der Waals surface area contributed by atoms with Crippen molar-refractivity contribution in [2.75, 3.05) is 38.3 Å². The van der Waals surface area contributed by atoms with Crippen LogP contribution in [0.15, 0.2) is 57.9 Å². The molecule has 156 valence electrons. The summed E-state index contributed by atoms with van der Waals surface area (Å²) in [5, 5.41) is 8.11. The van der Waals surface area contributed by atoms with Gasteiger partial charge in [-0.1, -0.05) is 35.3 Å². The van der Waals surface area contributed by atoms with E-state index in [1.807, 2.05) is 23.0 Å². The van der Waals surface area contributed by atoms with Gasteiger partial charge in [0, 0.05) is 41.8 Å². The zero-order valence-electron chi connectivity index (χ0n) is 16.8. The van der Waals surface area contributed by atoms with Crippen molar-refractivity contribution in [1.82, 2.24) is 4.68 Å². The minimum absolute atomic E-state index is 0.622. The Morgan fingerprint density at radius 1 is 1.07 bits per heavy atom. The first kappa shape index (κ1) is 21.1. The van der Waals surface area contributed by atoms with Crippen molar-refractivity contribution in [3.63, 3.8) is 0 Å². The first-order chi connectivity index (χ1) is 14.6. The summed E-state index contributed by atoms with van der Waals surface area (Å²) in [5.41, 5.74) is 4.83. The van der Waals surface area contributed by atoms with Gasteiger partial charge in [-0.3, -0.25) is 4.99 Å². The van der Waals surface area contributed by atoms with Crippen molar-refractivity contribution >= 4 is 45.9 Å². The van der Waals surface area contributed by atoms with Crippen LogP contribution in [0.25, 0.3) is 11.3 Å². The van der Waals surface area contributed by atoms with Gasteiger partial charge in [-0.15, -0.1) is 11.3 Å². The number of nitrogens with zero attached hydrogens (tertiary/aromatic N) is 4. The average molecular weight is 461 g/mol. The lowest BCUT2D eigenvalue weighted by atomic mass is 10.1. The first-order valence-corrected chi connectivity index (χ1v) is 11.3. The molecule has 8 heteroatoms. The van der Waals surface area contributed by atoms with Crippen molar-refractivity contribution < 1.29 is 4.74 Å². The number of halogens is 2. The lowest BCUT2D eigenvalue weighted by Crippen LogP contribution is -2.36. The molecule has 30 heavy (non-hydrogen) atoms. The molecule has 3 aromatic rings. The summed E-state index contributed by atoms with van der Waals surface area (Å²) in [6.45, 7) is 5.38. The maximum Gasteiger partial charge on any atom is 0.205 e. The van der Waals surface area contributed by atoms with Crippen LogP contribution in [0.1, 0.15) is 12.5 Å². The third-order valence-corrected chi connectivity index (χ3v) is 6.46. The molecule has 0 atom stereocenters. The standard InChI is InChI=1S/C22H22Cl2N4OS/c1-15(16-3-6-18(7-4-16)27-9-11-29-12-10-27)26-28-21(14-30-22(28)25-2)19-13-17(23)5-8-20(19)24/h3-8,13-14H,9-12H2,1-2H3. The van der Waals surface area contributed by atoms with Crippen molar-refractivity contribution in [1.29, 1.82) is 0 Å². The van der Waals surface area contributed by atoms with Gasteiger partial charge in [0.1, 0.15) is 0 Å². The Kier molecular flexibility index (Phi) is 6.58.